The largest absolute Gasteiger partial charge is 0.481 e. The van der Waals surface area contributed by atoms with Crippen LogP contribution in [0.15, 0.2) is 24.8 Å². The minimum Gasteiger partial charge on any atom is -0.481 e. The molecule has 2 heteroatoms. The summed E-state index contributed by atoms with van der Waals surface area (Å²) in [6.45, 7) is 3.44. The van der Waals surface area contributed by atoms with Gasteiger partial charge in [-0.05, 0) is 6.42 Å². The Balaban J connectivity index is 3.19. The number of aliphatic carboxylic acids is 1. The summed E-state index contributed by atoms with van der Waals surface area (Å²) < 4.78 is 0. The van der Waals surface area contributed by atoms with Crippen LogP contribution in [-0.4, -0.2) is 11.1 Å². The smallest absolute Gasteiger partial charge is 0.303 e. The highest BCUT2D eigenvalue weighted by Gasteiger charge is 1.89. The van der Waals surface area contributed by atoms with E-state index in [-0.39, 0.29) is 6.42 Å². The molecule has 0 aliphatic carbocycles. The molecule has 2 nitrogen and oxygen atoms in total. The van der Waals surface area contributed by atoms with E-state index >= 15 is 0 Å². The fourth-order valence-corrected chi connectivity index (χ4v) is 0.399. The van der Waals surface area contributed by atoms with Crippen LogP contribution in [0.3, 0.4) is 0 Å². The molecule has 0 aliphatic heterocycles. The topological polar surface area (TPSA) is 37.3 Å². The van der Waals surface area contributed by atoms with Crippen molar-refractivity contribution in [3.63, 3.8) is 0 Å². The zero-order valence-electron chi connectivity index (χ0n) is 5.21. The molecule has 0 amide bonds. The van der Waals surface area contributed by atoms with Gasteiger partial charge in [-0.15, -0.1) is 0 Å². The molecule has 0 saturated heterocycles. The summed E-state index contributed by atoms with van der Waals surface area (Å²) in [5.74, 6) is -0.760. The number of allylic oxidation sites excluding steroid dienone is 3. The molecule has 9 heavy (non-hydrogen) atoms. The van der Waals surface area contributed by atoms with E-state index in [1.807, 2.05) is 0 Å². The summed E-state index contributed by atoms with van der Waals surface area (Å²) in [6.07, 6.45) is 5.93. The highest BCUT2D eigenvalue weighted by atomic mass is 16.4. The van der Waals surface area contributed by atoms with Gasteiger partial charge in [-0.1, -0.05) is 24.8 Å². The van der Waals surface area contributed by atoms with E-state index in [2.05, 4.69) is 6.58 Å². The highest BCUT2D eigenvalue weighted by molar-refractivity contribution is 5.66. The number of hydrogen-bond acceptors (Lipinski definition) is 1. The van der Waals surface area contributed by atoms with Gasteiger partial charge >= 0.3 is 5.97 Å². The minimum absolute atomic E-state index is 0.199. The van der Waals surface area contributed by atoms with E-state index in [4.69, 9.17) is 5.11 Å². The maximum atomic E-state index is 9.90. The van der Waals surface area contributed by atoms with E-state index < -0.39 is 5.97 Å². The normalized spacial score (nSPS) is 9.78. The second-order valence-corrected chi connectivity index (χ2v) is 1.60. The molecule has 50 valence electrons. The molecule has 0 rings (SSSR count). The first-order chi connectivity index (χ1) is 4.27. The summed E-state index contributed by atoms with van der Waals surface area (Å²) in [5, 5.41) is 8.15. The Morgan fingerprint density at radius 1 is 1.67 bits per heavy atom. The molecule has 0 aliphatic rings. The fourth-order valence-electron chi connectivity index (χ4n) is 0.399. The van der Waals surface area contributed by atoms with Gasteiger partial charge in [0.05, 0.1) is 0 Å². The molecule has 0 heterocycles. The maximum absolute atomic E-state index is 9.90. The van der Waals surface area contributed by atoms with Crippen LogP contribution < -0.4 is 0 Å². The lowest BCUT2D eigenvalue weighted by Crippen LogP contribution is -1.91. The Hall–Kier alpha value is -1.05. The average Bonchev–Trinajstić information content (AvgIpc) is 1.80. The molecule has 0 fully saturated rings. The number of carboxylic acid groups (broad SMARTS) is 1. The summed E-state index contributed by atoms with van der Waals surface area (Å²) in [4.78, 5) is 9.90. The van der Waals surface area contributed by atoms with Gasteiger partial charge < -0.3 is 5.11 Å². The molecule has 0 aromatic heterocycles. The van der Waals surface area contributed by atoms with E-state index in [1.54, 1.807) is 18.2 Å². The van der Waals surface area contributed by atoms with Crippen LogP contribution in [-0.2, 0) is 4.79 Å². The van der Waals surface area contributed by atoms with E-state index in [9.17, 15) is 4.79 Å². The van der Waals surface area contributed by atoms with Gasteiger partial charge in [-0.25, -0.2) is 0 Å². The van der Waals surface area contributed by atoms with Gasteiger partial charge in [0.25, 0.3) is 0 Å². The lowest BCUT2D eigenvalue weighted by atomic mass is 10.3. The zero-order chi connectivity index (χ0) is 7.11. The fraction of sp³-hybridized carbons (Fsp3) is 0.286. The summed E-state index contributed by atoms with van der Waals surface area (Å²) >= 11 is 0. The molecule has 0 radical (unpaired) electrons. The lowest BCUT2D eigenvalue weighted by Gasteiger charge is -1.83. The molecule has 0 unspecified atom stereocenters. The summed E-state index contributed by atoms with van der Waals surface area (Å²) in [5.41, 5.74) is 0. The predicted octanol–water partition coefficient (Wildman–Crippen LogP) is 1.59. The molecule has 0 spiro atoms. The quantitative estimate of drug-likeness (QED) is 0.581. The third kappa shape index (κ3) is 6.95. The monoisotopic (exact) mass is 126 g/mol. The van der Waals surface area contributed by atoms with Crippen molar-refractivity contribution < 1.29 is 9.90 Å². The second kappa shape index (κ2) is 5.09. The van der Waals surface area contributed by atoms with Crippen LogP contribution in [0.1, 0.15) is 12.8 Å². The third-order valence-electron chi connectivity index (χ3n) is 0.797. The van der Waals surface area contributed by atoms with Crippen LogP contribution in [0.2, 0.25) is 0 Å². The van der Waals surface area contributed by atoms with Gasteiger partial charge in [-0.3, -0.25) is 4.79 Å². The summed E-state index contributed by atoms with van der Waals surface area (Å²) in [7, 11) is 0. The SMILES string of the molecule is C=CC=CCCC(=O)O. The van der Waals surface area contributed by atoms with Crippen molar-refractivity contribution in [1.82, 2.24) is 0 Å². The second-order valence-electron chi connectivity index (χ2n) is 1.60. The molecule has 0 bridgehead atoms. The first-order valence-electron chi connectivity index (χ1n) is 2.76. The van der Waals surface area contributed by atoms with Crippen LogP contribution in [0.4, 0.5) is 0 Å². The maximum Gasteiger partial charge on any atom is 0.303 e. The van der Waals surface area contributed by atoms with Crippen LogP contribution in [0.25, 0.3) is 0 Å². The molecular weight excluding hydrogens is 116 g/mol. The first kappa shape index (κ1) is 7.95. The Kier molecular flexibility index (Phi) is 4.50. The van der Waals surface area contributed by atoms with Gasteiger partial charge in [-0.2, -0.15) is 0 Å². The van der Waals surface area contributed by atoms with Gasteiger partial charge in [0.1, 0.15) is 0 Å². The Labute approximate surface area is 54.5 Å². The van der Waals surface area contributed by atoms with Crippen molar-refractivity contribution in [3.8, 4) is 0 Å². The Bertz CT molecular complexity index is 125. The third-order valence-corrected chi connectivity index (χ3v) is 0.797. The van der Waals surface area contributed by atoms with Crippen molar-refractivity contribution in [2.24, 2.45) is 0 Å². The molecule has 0 aromatic carbocycles. The number of carboxylic acids is 1. The van der Waals surface area contributed by atoms with Crippen molar-refractivity contribution in [2.45, 2.75) is 12.8 Å². The van der Waals surface area contributed by atoms with Crippen molar-refractivity contribution in [2.75, 3.05) is 0 Å². The summed E-state index contributed by atoms with van der Waals surface area (Å²) in [6, 6.07) is 0. The standard InChI is InChI=1S/C7H10O2/c1-2-3-4-5-6-7(8)9/h2-4H,1,5-6H2,(H,8,9). The number of carbonyl (C=O) groups is 1. The number of rotatable bonds is 4. The van der Waals surface area contributed by atoms with E-state index in [0.717, 1.165) is 0 Å². The Morgan fingerprint density at radius 3 is 2.78 bits per heavy atom. The average molecular weight is 126 g/mol. The van der Waals surface area contributed by atoms with Crippen molar-refractivity contribution in [3.05, 3.63) is 24.8 Å². The van der Waals surface area contributed by atoms with Crippen LogP contribution in [0.5, 0.6) is 0 Å². The molecule has 0 aromatic rings. The predicted molar refractivity (Wildman–Crippen MR) is 36.2 cm³/mol. The van der Waals surface area contributed by atoms with E-state index in [0.29, 0.717) is 6.42 Å². The first-order valence-corrected chi connectivity index (χ1v) is 2.76. The zero-order valence-corrected chi connectivity index (χ0v) is 5.21. The highest BCUT2D eigenvalue weighted by Crippen LogP contribution is 1.89. The number of hydrogen-bond donors (Lipinski definition) is 1. The van der Waals surface area contributed by atoms with Crippen molar-refractivity contribution >= 4 is 5.97 Å². The van der Waals surface area contributed by atoms with E-state index in [1.165, 1.54) is 0 Å². The molecule has 1 N–H and O–H groups in total. The van der Waals surface area contributed by atoms with Crippen molar-refractivity contribution in [1.29, 1.82) is 0 Å². The molecule has 0 atom stereocenters. The molecule has 0 saturated carbocycles. The van der Waals surface area contributed by atoms with Gasteiger partial charge in [0.15, 0.2) is 0 Å². The lowest BCUT2D eigenvalue weighted by molar-refractivity contribution is -0.136. The minimum atomic E-state index is -0.760. The molecular formula is C7H10O2. The van der Waals surface area contributed by atoms with Gasteiger partial charge in [0, 0.05) is 6.42 Å². The van der Waals surface area contributed by atoms with Crippen LogP contribution >= 0.6 is 0 Å². The van der Waals surface area contributed by atoms with Gasteiger partial charge in [0.2, 0.25) is 0 Å². The van der Waals surface area contributed by atoms with Crippen LogP contribution in [0, 0.1) is 0 Å². The Morgan fingerprint density at radius 2 is 2.33 bits per heavy atom.